The summed E-state index contributed by atoms with van der Waals surface area (Å²) in [7, 11) is 0. The summed E-state index contributed by atoms with van der Waals surface area (Å²) in [6, 6.07) is 30.4. The Balaban J connectivity index is 0.000000153. The summed E-state index contributed by atoms with van der Waals surface area (Å²) in [4.78, 5) is 71.7. The first-order valence-electron chi connectivity index (χ1n) is 27.7. The maximum atomic E-state index is 13.6. The Bertz CT molecular complexity index is 4640. The van der Waals surface area contributed by atoms with Crippen LogP contribution in [0.2, 0.25) is 0 Å². The Morgan fingerprint density at radius 2 is 0.868 bits per heavy atom. The standard InChI is InChI=1S/C21H18FN7O.C19H16FN7O.C17H14FN7.C4H6O2.Li.H2O/c1-12-15(22)6-7-16(24-12)19-27-20(17-3-2-10-29(17)28-19)25-14-8-9-23-18(11-14)26-21(30)13-4-5-13;1-11-14(20)5-6-15(22-11)18-25-19(16-4-3-9-27(16)26-18)24-13-7-8-21-17(10-13)23-12(2)28;1-10-12(18)4-5-13(21-10)16-23-17(14-3-2-8-25(14)24-16)22-11-6-7-20-15(19)9-11;5-4(6)3-1-2-3;;/h2-3,6-11,13H,4-5H2,1H3,(H2,23,25,26,27,28,30);3-10H,1-2H3,(H2,21,23,24,25,26,28);2-9H,1H3,(H3,19,20,22,23,24);3H,1-2H2,(H,5,6);;1H2/q;;;;+1;/p-1. The second-order valence-electron chi connectivity index (χ2n) is 20.4. The number of aryl methyl sites for hydroxylation is 3. The van der Waals surface area contributed by atoms with Gasteiger partial charge in [-0.3, -0.25) is 14.4 Å². The Hall–Kier alpha value is -11.3. The van der Waals surface area contributed by atoms with Gasteiger partial charge in [0.25, 0.3) is 0 Å². The molecule has 14 rings (SSSR count). The number of aliphatic carboxylic acids is 1. The number of carboxylic acid groups (broad SMARTS) is 1. The van der Waals surface area contributed by atoms with Crippen molar-refractivity contribution in [3.8, 4) is 34.6 Å². The molecule has 0 saturated heterocycles. The van der Waals surface area contributed by atoms with Crippen LogP contribution in [0.1, 0.15) is 49.7 Å². The van der Waals surface area contributed by atoms with Crippen LogP contribution in [0.3, 0.4) is 0 Å². The van der Waals surface area contributed by atoms with Gasteiger partial charge in [0.1, 0.15) is 68.5 Å². The Labute approximate surface area is 527 Å². The van der Waals surface area contributed by atoms with Crippen molar-refractivity contribution < 1.29 is 57.0 Å². The van der Waals surface area contributed by atoms with Crippen molar-refractivity contribution >= 4 is 86.3 Å². The fraction of sp³-hybridized carbons (Fsp3) is 0.164. The number of carbonyl (C=O) groups excluding carboxylic acids is 2. The number of carbonyl (C=O) groups is 3. The SMILES string of the molecule is CC(=O)Nc1cc(Nc2nc(-c3ccc(F)c(C)n3)nn3cccc23)ccn1.Cc1nc(-c2nc(Nc3ccnc(N)c3)c3cccn3n2)ccc1F.Cc1nc(-c2nc(Nc3ccnc(NC(=O)C4CC4)c3)c3cccn3n2)ccc1F.O=C(O)C1CC1.[Li+].[OH-]. The predicted octanol–water partition coefficient (Wildman–Crippen LogP) is 7.33. The van der Waals surface area contributed by atoms with Crippen molar-refractivity contribution in [3.63, 3.8) is 0 Å². The number of nitrogens with one attached hydrogen (secondary N) is 5. The number of fused-ring (bicyclic) bond motifs is 3. The molecule has 0 aromatic carbocycles. The van der Waals surface area contributed by atoms with Crippen LogP contribution < -0.4 is 51.2 Å². The third-order valence-electron chi connectivity index (χ3n) is 13.4. The Kier molecular flexibility index (Phi) is 19.9. The number of nitrogens with two attached hydrogens (primary N) is 1. The van der Waals surface area contributed by atoms with E-state index >= 15 is 0 Å². The number of hydrogen-bond acceptors (Lipinski definition) is 20. The van der Waals surface area contributed by atoms with Crippen molar-refractivity contribution in [2.75, 3.05) is 32.3 Å². The molecule has 2 saturated carbocycles. The van der Waals surface area contributed by atoms with E-state index in [1.807, 2.05) is 42.6 Å². The molecular weight excluding hydrogens is 1170 g/mol. The van der Waals surface area contributed by atoms with Crippen LogP contribution >= 0.6 is 0 Å². The molecule has 12 aromatic heterocycles. The molecule has 0 radical (unpaired) electrons. The van der Waals surface area contributed by atoms with E-state index in [0.717, 1.165) is 47.9 Å². The van der Waals surface area contributed by atoms with E-state index in [1.165, 1.54) is 31.2 Å². The first-order valence-corrected chi connectivity index (χ1v) is 27.7. The van der Waals surface area contributed by atoms with Crippen LogP contribution in [0.25, 0.3) is 51.1 Å². The molecule has 2 aliphatic rings. The molecule has 9 N–H and O–H groups in total. The molecule has 2 aliphatic carbocycles. The molecule has 12 aromatic rings. The van der Waals surface area contributed by atoms with Gasteiger partial charge in [-0.1, -0.05) is 0 Å². The fourth-order valence-corrected chi connectivity index (χ4v) is 8.58. The summed E-state index contributed by atoms with van der Waals surface area (Å²) in [5, 5.41) is 36.6. The minimum absolute atomic E-state index is 0. The van der Waals surface area contributed by atoms with Crippen molar-refractivity contribution in [3.05, 3.63) is 181 Å². The molecule has 0 unspecified atom stereocenters. The van der Waals surface area contributed by atoms with Crippen LogP contribution in [0, 0.1) is 50.1 Å². The van der Waals surface area contributed by atoms with Gasteiger partial charge in [0.05, 0.1) is 23.0 Å². The Morgan fingerprint density at radius 3 is 1.20 bits per heavy atom. The number of pyridine rings is 6. The quantitative estimate of drug-likeness (QED) is 0.0555. The van der Waals surface area contributed by atoms with Crippen LogP contribution in [-0.2, 0) is 14.4 Å². The zero-order chi connectivity index (χ0) is 62.3. The largest absolute Gasteiger partial charge is 1.00 e. The number of carboxylic acids is 1. The summed E-state index contributed by atoms with van der Waals surface area (Å²) in [5.74, 6) is 2.24. The van der Waals surface area contributed by atoms with E-state index in [4.69, 9.17) is 10.8 Å². The first-order chi connectivity index (χ1) is 43.0. The predicted molar refractivity (Wildman–Crippen MR) is 328 cm³/mol. The molecule has 2 amide bonds. The fourth-order valence-electron chi connectivity index (χ4n) is 8.58. The monoisotopic (exact) mass is 1230 g/mol. The molecule has 30 heteroatoms. The summed E-state index contributed by atoms with van der Waals surface area (Å²) in [6.07, 6.45) is 13.9. The van der Waals surface area contributed by atoms with Gasteiger partial charge in [0.2, 0.25) is 29.3 Å². The molecule has 26 nitrogen and oxygen atoms in total. The number of rotatable bonds is 13. The van der Waals surface area contributed by atoms with E-state index in [9.17, 15) is 27.6 Å². The van der Waals surface area contributed by atoms with E-state index < -0.39 is 5.97 Å². The minimum Gasteiger partial charge on any atom is -0.870 e. The topological polar surface area (TPSA) is 356 Å². The first kappa shape index (κ1) is 64.2. The molecule has 456 valence electrons. The van der Waals surface area contributed by atoms with E-state index in [1.54, 1.807) is 114 Å². The molecule has 12 heterocycles. The van der Waals surface area contributed by atoms with Gasteiger partial charge in [-0.05, 0) is 137 Å². The van der Waals surface area contributed by atoms with Gasteiger partial charge in [0, 0.05) is 85.3 Å². The van der Waals surface area contributed by atoms with Gasteiger partial charge < -0.3 is 42.9 Å². The van der Waals surface area contributed by atoms with Crippen LogP contribution in [0.5, 0.6) is 0 Å². The van der Waals surface area contributed by atoms with E-state index in [-0.39, 0.29) is 76.8 Å². The molecule has 2 fully saturated rings. The third-order valence-corrected chi connectivity index (χ3v) is 13.4. The molecule has 0 spiro atoms. The smallest absolute Gasteiger partial charge is 0.870 e. The average molecular weight is 1230 g/mol. The molecule has 0 bridgehead atoms. The van der Waals surface area contributed by atoms with Crippen molar-refractivity contribution in [2.45, 2.75) is 53.4 Å². The number of halogens is 3. The number of amides is 2. The molecule has 0 atom stereocenters. The number of aromatic nitrogens is 15. The zero-order valence-corrected chi connectivity index (χ0v) is 49.4. The Morgan fingerprint density at radius 1 is 0.505 bits per heavy atom. The van der Waals surface area contributed by atoms with E-state index in [2.05, 4.69) is 86.7 Å². The summed E-state index contributed by atoms with van der Waals surface area (Å²) in [5.41, 5.74) is 12.5. The summed E-state index contributed by atoms with van der Waals surface area (Å²) in [6.45, 7) is 6.21. The van der Waals surface area contributed by atoms with Gasteiger partial charge in [0.15, 0.2) is 17.5 Å². The second-order valence-corrected chi connectivity index (χ2v) is 20.4. The van der Waals surface area contributed by atoms with Crippen molar-refractivity contribution in [1.82, 2.24) is 73.7 Å². The maximum Gasteiger partial charge on any atom is 1.00 e. The van der Waals surface area contributed by atoms with Gasteiger partial charge in [-0.2, -0.15) is 0 Å². The van der Waals surface area contributed by atoms with Gasteiger partial charge in [-0.15, -0.1) is 15.3 Å². The normalized spacial score (nSPS) is 12.1. The number of hydrogen-bond donors (Lipinski definition) is 7. The number of anilines is 9. The summed E-state index contributed by atoms with van der Waals surface area (Å²) >= 11 is 0. The van der Waals surface area contributed by atoms with Gasteiger partial charge in [-0.25, -0.2) is 71.6 Å². The van der Waals surface area contributed by atoms with Gasteiger partial charge >= 0.3 is 24.8 Å². The zero-order valence-electron chi connectivity index (χ0n) is 49.4. The van der Waals surface area contributed by atoms with Crippen molar-refractivity contribution in [2.24, 2.45) is 11.8 Å². The molecule has 0 aliphatic heterocycles. The molecule has 91 heavy (non-hydrogen) atoms. The minimum atomic E-state index is -0.630. The summed E-state index contributed by atoms with van der Waals surface area (Å²) < 4.78 is 45.7. The van der Waals surface area contributed by atoms with Crippen molar-refractivity contribution in [1.29, 1.82) is 0 Å². The average Bonchev–Trinajstić information content (AvgIpc) is 2.20. The van der Waals surface area contributed by atoms with E-state index in [0.29, 0.717) is 86.5 Å². The second kappa shape index (κ2) is 28.3. The molecular formula is C61H55F3LiN21O5. The van der Waals surface area contributed by atoms with Crippen LogP contribution in [0.4, 0.5) is 65.1 Å². The number of nitrogens with zero attached hydrogens (tertiary/aromatic N) is 15. The van der Waals surface area contributed by atoms with Crippen LogP contribution in [0.15, 0.2) is 146 Å². The number of nitrogen functional groups attached to an aromatic ring is 1. The third kappa shape index (κ3) is 16.1. The van der Waals surface area contributed by atoms with Crippen LogP contribution in [-0.4, -0.2) is 102 Å². The maximum absolute atomic E-state index is 13.6.